The van der Waals surface area contributed by atoms with Crippen LogP contribution in [0.5, 0.6) is 0 Å². The standard InChI is InChI=1S/C52H34IN4/c1-4-15-37(16-5-1)46-34-53-52(55-51(54-46)38-17-6-2-7-18-38)57-48-26-13-11-22-43(48)45-24-14-23-41(50(45)57)36-29-27-35(28-30-36)39-31-32-44-42-21-10-12-25-47(42)56(49(44)33-39)40-19-8-3-9-20-40/h1-34H/q-1. The average Bonchev–Trinajstić information content (AvgIpc) is 3.70. The fourth-order valence-electron chi connectivity index (χ4n) is 8.22. The van der Waals surface area contributed by atoms with Crippen LogP contribution in [-0.2, 0) is 0 Å². The molecular formula is C52H34IN4-. The Bertz CT molecular complexity index is 3230. The van der Waals surface area contributed by atoms with E-state index in [0.29, 0.717) is 0 Å². The molecule has 8 aromatic carbocycles. The number of para-hydroxylation sites is 4. The summed E-state index contributed by atoms with van der Waals surface area (Å²) in [4.78, 5) is 10.7. The maximum absolute atomic E-state index is 5.45. The normalized spacial score (nSPS) is 13.3. The van der Waals surface area contributed by atoms with Gasteiger partial charge in [-0.3, -0.25) is 0 Å². The molecular weight excluding hydrogens is 808 g/mol. The van der Waals surface area contributed by atoms with Crippen molar-refractivity contribution in [1.82, 2.24) is 9.13 Å². The Labute approximate surface area is 340 Å². The molecule has 1 aliphatic heterocycles. The van der Waals surface area contributed by atoms with Crippen molar-refractivity contribution in [3.8, 4) is 27.9 Å². The van der Waals surface area contributed by atoms with E-state index >= 15 is 0 Å². The number of aromatic nitrogens is 2. The summed E-state index contributed by atoms with van der Waals surface area (Å²) in [6.07, 6.45) is 0. The third-order valence-electron chi connectivity index (χ3n) is 10.9. The molecule has 0 radical (unpaired) electrons. The fraction of sp³-hybridized carbons (Fsp3) is 0. The number of rotatable bonds is 5. The van der Waals surface area contributed by atoms with Gasteiger partial charge in [-0.05, 0) is 18.2 Å². The third-order valence-corrected chi connectivity index (χ3v) is 13.1. The molecule has 0 amide bonds. The molecule has 2 aromatic heterocycles. The fourth-order valence-corrected chi connectivity index (χ4v) is 10.4. The number of nitrogens with zero attached hydrogens (tertiary/aromatic N) is 4. The molecule has 0 fully saturated rings. The Morgan fingerprint density at radius 1 is 0.368 bits per heavy atom. The van der Waals surface area contributed by atoms with Crippen molar-refractivity contribution in [2.75, 3.05) is 0 Å². The van der Waals surface area contributed by atoms with E-state index in [1.807, 2.05) is 6.07 Å². The van der Waals surface area contributed by atoms with Crippen LogP contribution >= 0.6 is 0 Å². The van der Waals surface area contributed by atoms with Crippen LogP contribution in [0.25, 0.3) is 77.2 Å². The number of fused-ring (bicyclic) bond motifs is 6. The summed E-state index contributed by atoms with van der Waals surface area (Å²) in [6.45, 7) is 0. The molecule has 0 spiro atoms. The summed E-state index contributed by atoms with van der Waals surface area (Å²) in [5, 5.41) is 4.95. The van der Waals surface area contributed by atoms with Gasteiger partial charge in [0.1, 0.15) is 0 Å². The molecule has 0 atom stereocenters. The Kier molecular flexibility index (Phi) is 8.25. The second-order valence-corrected chi connectivity index (χ2v) is 16.4. The Morgan fingerprint density at radius 2 is 0.930 bits per heavy atom. The molecule has 0 saturated carbocycles. The van der Waals surface area contributed by atoms with E-state index in [0.717, 1.165) is 43.3 Å². The van der Waals surface area contributed by atoms with Crippen molar-refractivity contribution in [2.24, 2.45) is 9.98 Å². The molecule has 0 N–H and O–H groups in total. The summed E-state index contributed by atoms with van der Waals surface area (Å²) in [7, 11) is 0. The van der Waals surface area contributed by atoms with Crippen molar-refractivity contribution in [2.45, 2.75) is 0 Å². The van der Waals surface area contributed by atoms with Crippen molar-refractivity contribution < 1.29 is 21.2 Å². The van der Waals surface area contributed by atoms with Crippen LogP contribution in [0.15, 0.2) is 214 Å². The van der Waals surface area contributed by atoms with Gasteiger partial charge in [0.15, 0.2) is 0 Å². The zero-order chi connectivity index (χ0) is 37.7. The van der Waals surface area contributed by atoms with Crippen molar-refractivity contribution in [3.05, 3.63) is 215 Å². The molecule has 0 bridgehead atoms. The second-order valence-electron chi connectivity index (χ2n) is 14.2. The number of amidine groups is 1. The molecule has 4 nitrogen and oxygen atoms in total. The minimum atomic E-state index is -0.694. The second kappa shape index (κ2) is 14.0. The van der Waals surface area contributed by atoms with Crippen LogP contribution in [-0.4, -0.2) is 18.8 Å². The molecule has 0 aliphatic carbocycles. The molecule has 0 saturated heterocycles. The van der Waals surface area contributed by atoms with E-state index in [1.165, 1.54) is 54.8 Å². The SMILES string of the molecule is C1=C(c2ccccc2)N=C(c2ccccc2)N=C(n2c3ccccc3c3cccc(-c4ccc(-c5ccc6c7ccccc7n(-c7ccccc7)c6c5)cc4)c32)[I-]1. The third kappa shape index (κ3) is 5.81. The molecule has 1 aliphatic rings. The first-order chi connectivity index (χ1) is 28.3. The summed E-state index contributed by atoms with van der Waals surface area (Å²) < 4.78 is 8.17. The van der Waals surface area contributed by atoms with Gasteiger partial charge in [0.25, 0.3) is 0 Å². The monoisotopic (exact) mass is 841 g/mol. The quantitative estimate of drug-likeness (QED) is 0.155. The van der Waals surface area contributed by atoms with Gasteiger partial charge < -0.3 is 0 Å². The Hall–Kier alpha value is -6.83. The van der Waals surface area contributed by atoms with Crippen molar-refractivity contribution in [1.29, 1.82) is 0 Å². The number of hydrogen-bond donors (Lipinski definition) is 0. The van der Waals surface area contributed by atoms with Crippen molar-refractivity contribution in [3.63, 3.8) is 0 Å². The van der Waals surface area contributed by atoms with Crippen LogP contribution in [0.1, 0.15) is 11.1 Å². The Morgan fingerprint density at radius 3 is 1.67 bits per heavy atom. The molecule has 3 heterocycles. The topological polar surface area (TPSA) is 34.6 Å². The predicted molar refractivity (Wildman–Crippen MR) is 235 cm³/mol. The first-order valence-corrected chi connectivity index (χ1v) is 21.4. The van der Waals surface area contributed by atoms with Gasteiger partial charge in [0.2, 0.25) is 0 Å². The van der Waals surface area contributed by atoms with E-state index in [-0.39, 0.29) is 0 Å². The Balaban J connectivity index is 1.05. The van der Waals surface area contributed by atoms with E-state index in [2.05, 4.69) is 207 Å². The van der Waals surface area contributed by atoms with Crippen LogP contribution in [0, 0.1) is 0 Å². The van der Waals surface area contributed by atoms with Gasteiger partial charge in [-0.25, -0.2) is 0 Å². The van der Waals surface area contributed by atoms with Crippen LogP contribution < -0.4 is 21.2 Å². The van der Waals surface area contributed by atoms with Gasteiger partial charge >= 0.3 is 271 Å². The zero-order valence-electron chi connectivity index (χ0n) is 30.8. The summed E-state index contributed by atoms with van der Waals surface area (Å²) in [6, 6.07) is 71.6. The number of benzene rings is 8. The molecule has 0 unspecified atom stereocenters. The van der Waals surface area contributed by atoms with E-state index < -0.39 is 21.2 Å². The zero-order valence-corrected chi connectivity index (χ0v) is 33.0. The molecule has 10 aromatic rings. The van der Waals surface area contributed by atoms with E-state index in [1.54, 1.807) is 0 Å². The van der Waals surface area contributed by atoms with Crippen LogP contribution in [0.3, 0.4) is 0 Å². The number of halogens is 1. The molecule has 270 valence electrons. The predicted octanol–water partition coefficient (Wildman–Crippen LogP) is 9.98. The van der Waals surface area contributed by atoms with Crippen molar-refractivity contribution >= 4 is 59.0 Å². The number of aliphatic imine (C=N–C) groups is 2. The average molecular weight is 842 g/mol. The molecule has 11 rings (SSSR count). The molecule has 57 heavy (non-hydrogen) atoms. The van der Waals surface area contributed by atoms with Crippen LogP contribution in [0.2, 0.25) is 0 Å². The molecule has 5 heteroatoms. The summed E-state index contributed by atoms with van der Waals surface area (Å²) >= 11 is -0.694. The summed E-state index contributed by atoms with van der Waals surface area (Å²) in [5.74, 6) is 0.731. The first kappa shape index (κ1) is 33.5. The van der Waals surface area contributed by atoms with Gasteiger partial charge in [0.05, 0.1) is 5.52 Å². The van der Waals surface area contributed by atoms with E-state index in [4.69, 9.17) is 9.98 Å². The minimum absolute atomic E-state index is 0.694. The van der Waals surface area contributed by atoms with Gasteiger partial charge in [0, 0.05) is 11.1 Å². The maximum atomic E-state index is 5.45. The van der Waals surface area contributed by atoms with Gasteiger partial charge in [-0.2, -0.15) is 0 Å². The number of hydrogen-bond acceptors (Lipinski definition) is 2. The van der Waals surface area contributed by atoms with Crippen LogP contribution in [0.4, 0.5) is 0 Å². The van der Waals surface area contributed by atoms with Gasteiger partial charge in [-0.1, -0.05) is 36.4 Å². The first-order valence-electron chi connectivity index (χ1n) is 19.1. The summed E-state index contributed by atoms with van der Waals surface area (Å²) in [5.41, 5.74) is 13.7. The van der Waals surface area contributed by atoms with E-state index in [9.17, 15) is 0 Å². The van der Waals surface area contributed by atoms with Gasteiger partial charge in [-0.15, -0.1) is 0 Å².